The summed E-state index contributed by atoms with van der Waals surface area (Å²) in [6.07, 6.45) is 3.62. The van der Waals surface area contributed by atoms with E-state index in [4.69, 9.17) is 5.73 Å². The van der Waals surface area contributed by atoms with Crippen molar-refractivity contribution in [3.8, 4) is 0 Å². The van der Waals surface area contributed by atoms with Gasteiger partial charge in [0.05, 0.1) is 0 Å². The molecule has 0 aromatic heterocycles. The molecular formula is C12H25NO. The molecule has 0 aliphatic rings. The Morgan fingerprint density at radius 3 is 1.79 bits per heavy atom. The summed E-state index contributed by atoms with van der Waals surface area (Å²) < 4.78 is 0. The second-order valence-electron chi connectivity index (χ2n) is 4.07. The van der Waals surface area contributed by atoms with Crippen LogP contribution in [0.1, 0.15) is 53.4 Å². The molecule has 0 aromatic carbocycles. The number of nitrogens with two attached hydrogens (primary N) is 1. The van der Waals surface area contributed by atoms with Gasteiger partial charge in [0.25, 0.3) is 0 Å². The molecule has 14 heavy (non-hydrogen) atoms. The minimum Gasteiger partial charge on any atom is -0.329 e. The Morgan fingerprint density at radius 2 is 1.57 bits per heavy atom. The van der Waals surface area contributed by atoms with Gasteiger partial charge in [-0.25, -0.2) is 0 Å². The molecule has 2 heteroatoms. The zero-order valence-corrected chi connectivity index (χ0v) is 10.1. The van der Waals surface area contributed by atoms with Crippen LogP contribution in [-0.2, 0) is 4.79 Å². The Hall–Kier alpha value is -0.370. The lowest BCUT2D eigenvalue weighted by Gasteiger charge is -2.31. The Labute approximate surface area is 88.3 Å². The van der Waals surface area contributed by atoms with Crippen LogP contribution in [0.5, 0.6) is 0 Å². The van der Waals surface area contributed by atoms with Gasteiger partial charge >= 0.3 is 0 Å². The van der Waals surface area contributed by atoms with E-state index in [9.17, 15) is 4.79 Å². The van der Waals surface area contributed by atoms with Crippen molar-refractivity contribution in [2.24, 2.45) is 17.1 Å². The van der Waals surface area contributed by atoms with Crippen LogP contribution < -0.4 is 5.73 Å². The quantitative estimate of drug-likeness (QED) is 0.685. The molecule has 0 amide bonds. The fourth-order valence-electron chi connectivity index (χ4n) is 2.08. The van der Waals surface area contributed by atoms with Crippen LogP contribution in [0, 0.1) is 11.3 Å². The van der Waals surface area contributed by atoms with E-state index in [1.165, 1.54) is 0 Å². The third-order valence-corrected chi connectivity index (χ3v) is 3.62. The van der Waals surface area contributed by atoms with Gasteiger partial charge in [0, 0.05) is 17.9 Å². The summed E-state index contributed by atoms with van der Waals surface area (Å²) in [4.78, 5) is 12.2. The van der Waals surface area contributed by atoms with Crippen LogP contribution >= 0.6 is 0 Å². The van der Waals surface area contributed by atoms with E-state index < -0.39 is 0 Å². The predicted octanol–water partition coefficient (Wildman–Crippen LogP) is 2.76. The molecule has 2 nitrogen and oxygen atoms in total. The number of Topliss-reactive ketones (excluding diaryl/α,β-unsaturated/α-hetero) is 1. The molecule has 0 unspecified atom stereocenters. The first-order valence-corrected chi connectivity index (χ1v) is 5.86. The zero-order valence-electron chi connectivity index (χ0n) is 10.1. The molecule has 0 saturated heterocycles. The first-order valence-electron chi connectivity index (χ1n) is 5.86. The number of hydrogen-bond donors (Lipinski definition) is 1. The van der Waals surface area contributed by atoms with E-state index in [0.717, 1.165) is 25.7 Å². The van der Waals surface area contributed by atoms with Gasteiger partial charge in [0.1, 0.15) is 5.78 Å². The SMILES string of the molecule is CCC(CC)C(=O)C(CC)(CC)CN. The van der Waals surface area contributed by atoms with Gasteiger partial charge in [0.15, 0.2) is 0 Å². The van der Waals surface area contributed by atoms with Crippen LogP contribution in [0.4, 0.5) is 0 Å². The molecule has 0 aliphatic heterocycles. The maximum Gasteiger partial charge on any atom is 0.143 e. The Morgan fingerprint density at radius 1 is 1.14 bits per heavy atom. The number of hydrogen-bond acceptors (Lipinski definition) is 2. The highest BCUT2D eigenvalue weighted by atomic mass is 16.1. The molecule has 0 heterocycles. The van der Waals surface area contributed by atoms with Gasteiger partial charge in [0.2, 0.25) is 0 Å². The predicted molar refractivity (Wildman–Crippen MR) is 61.1 cm³/mol. The van der Waals surface area contributed by atoms with Crippen LogP contribution in [0.2, 0.25) is 0 Å². The minimum atomic E-state index is -0.253. The topological polar surface area (TPSA) is 43.1 Å². The van der Waals surface area contributed by atoms with Crippen molar-refractivity contribution in [2.75, 3.05) is 6.54 Å². The molecule has 0 saturated carbocycles. The molecule has 2 N–H and O–H groups in total. The smallest absolute Gasteiger partial charge is 0.143 e. The van der Waals surface area contributed by atoms with Crippen LogP contribution in [0.15, 0.2) is 0 Å². The van der Waals surface area contributed by atoms with Crippen molar-refractivity contribution < 1.29 is 4.79 Å². The summed E-state index contributed by atoms with van der Waals surface area (Å²) in [5.41, 5.74) is 5.50. The van der Waals surface area contributed by atoms with E-state index in [1.54, 1.807) is 0 Å². The second kappa shape index (κ2) is 6.18. The summed E-state index contributed by atoms with van der Waals surface area (Å²) >= 11 is 0. The monoisotopic (exact) mass is 199 g/mol. The fraction of sp³-hybridized carbons (Fsp3) is 0.917. The van der Waals surface area contributed by atoms with Crippen LogP contribution in [-0.4, -0.2) is 12.3 Å². The van der Waals surface area contributed by atoms with E-state index in [1.807, 2.05) is 0 Å². The van der Waals surface area contributed by atoms with Crippen molar-refractivity contribution >= 4 is 5.78 Å². The summed E-state index contributed by atoms with van der Waals surface area (Å²) in [5, 5.41) is 0. The van der Waals surface area contributed by atoms with Gasteiger partial charge in [-0.15, -0.1) is 0 Å². The molecule has 0 aromatic rings. The summed E-state index contributed by atoms with van der Waals surface area (Å²) in [6.45, 7) is 8.79. The molecule has 0 radical (unpaired) electrons. The molecule has 0 bridgehead atoms. The van der Waals surface area contributed by atoms with E-state index in [0.29, 0.717) is 12.3 Å². The standard InChI is InChI=1S/C12H25NO/c1-5-10(6-2)11(14)12(7-3,8-4)9-13/h10H,5-9,13H2,1-4H3. The third-order valence-electron chi connectivity index (χ3n) is 3.62. The average molecular weight is 199 g/mol. The van der Waals surface area contributed by atoms with Crippen molar-refractivity contribution in [3.63, 3.8) is 0 Å². The van der Waals surface area contributed by atoms with Gasteiger partial charge in [-0.05, 0) is 25.7 Å². The lowest BCUT2D eigenvalue weighted by Crippen LogP contribution is -2.41. The van der Waals surface area contributed by atoms with Gasteiger partial charge in [-0.3, -0.25) is 4.79 Å². The zero-order chi connectivity index (χ0) is 11.2. The number of rotatable bonds is 7. The van der Waals surface area contributed by atoms with Crippen molar-refractivity contribution in [1.82, 2.24) is 0 Å². The van der Waals surface area contributed by atoms with Crippen molar-refractivity contribution in [2.45, 2.75) is 53.4 Å². The highest BCUT2D eigenvalue weighted by Crippen LogP contribution is 2.31. The molecule has 0 rings (SSSR count). The molecule has 84 valence electrons. The molecule has 0 aliphatic carbocycles. The van der Waals surface area contributed by atoms with Crippen molar-refractivity contribution in [3.05, 3.63) is 0 Å². The maximum absolute atomic E-state index is 12.2. The van der Waals surface area contributed by atoms with Gasteiger partial charge in [-0.2, -0.15) is 0 Å². The minimum absolute atomic E-state index is 0.207. The first kappa shape index (κ1) is 13.6. The van der Waals surface area contributed by atoms with E-state index in [2.05, 4.69) is 27.7 Å². The first-order chi connectivity index (χ1) is 6.61. The van der Waals surface area contributed by atoms with Gasteiger partial charge in [-0.1, -0.05) is 27.7 Å². The molecule has 0 spiro atoms. The number of ketones is 1. The number of carbonyl (C=O) groups excluding carboxylic acids is 1. The lowest BCUT2D eigenvalue weighted by atomic mass is 9.72. The summed E-state index contributed by atoms with van der Waals surface area (Å²) in [5.74, 6) is 0.591. The molecular weight excluding hydrogens is 174 g/mol. The molecule has 0 fully saturated rings. The summed E-state index contributed by atoms with van der Waals surface area (Å²) in [6, 6.07) is 0. The normalized spacial score (nSPS) is 12.1. The van der Waals surface area contributed by atoms with Gasteiger partial charge < -0.3 is 5.73 Å². The average Bonchev–Trinajstić information content (AvgIpc) is 2.23. The third kappa shape index (κ3) is 2.57. The summed E-state index contributed by atoms with van der Waals surface area (Å²) in [7, 11) is 0. The Bertz CT molecular complexity index is 161. The highest BCUT2D eigenvalue weighted by Gasteiger charge is 2.36. The Balaban J connectivity index is 4.73. The lowest BCUT2D eigenvalue weighted by molar-refractivity contribution is -0.133. The van der Waals surface area contributed by atoms with Crippen LogP contribution in [0.25, 0.3) is 0 Å². The number of carbonyl (C=O) groups is 1. The van der Waals surface area contributed by atoms with E-state index in [-0.39, 0.29) is 11.3 Å². The second-order valence-corrected chi connectivity index (χ2v) is 4.07. The van der Waals surface area contributed by atoms with Crippen molar-refractivity contribution in [1.29, 1.82) is 0 Å². The highest BCUT2D eigenvalue weighted by molar-refractivity contribution is 5.87. The maximum atomic E-state index is 12.2. The van der Waals surface area contributed by atoms with E-state index >= 15 is 0 Å². The largest absolute Gasteiger partial charge is 0.329 e. The molecule has 0 atom stereocenters. The Kier molecular flexibility index (Phi) is 6.01. The fourth-order valence-corrected chi connectivity index (χ4v) is 2.08. The van der Waals surface area contributed by atoms with Crippen LogP contribution in [0.3, 0.4) is 0 Å².